The Balaban J connectivity index is 4.25. The van der Waals surface area contributed by atoms with Crippen molar-refractivity contribution < 1.29 is 28.6 Å². The number of hydrogen-bond donors (Lipinski definition) is 0. The minimum Gasteiger partial charge on any atom is -0.462 e. The highest BCUT2D eigenvalue weighted by Gasteiger charge is 2.19. The quantitative estimate of drug-likeness (QED) is 0.0262. The standard InChI is InChI=1S/C60H102O6/c1-4-7-10-13-16-19-21-23-25-27-28-29-30-31-32-34-35-37-39-41-44-47-50-53-59(62)65-56-57(55-64-58(61)52-49-46-43-18-15-12-9-6-3)66-60(63)54-51-48-45-42-40-38-36-33-26-24-22-20-17-14-11-8-5-2/h7-8,10-11,16-17,19-20,23-26,28-29,57H,4-6,9,12-15,18,21-22,27,30-56H2,1-3H3/b10-7-,11-8-,19-16-,20-17-,25-23-,26-24-,29-28-. The SMILES string of the molecule is CC/C=C\C/C=C\C/C=C\C/C=C\CCCCCCCCCCCCC(=O)OCC(COC(=O)CCCCCCCCCC)OC(=O)CCCCCCCCC/C=C\C/C=C\C/C=C\CC. The molecule has 0 amide bonds. The summed E-state index contributed by atoms with van der Waals surface area (Å²) in [7, 11) is 0. The molecule has 0 aliphatic heterocycles. The minimum absolute atomic E-state index is 0.0807. The highest BCUT2D eigenvalue weighted by Crippen LogP contribution is 2.15. The maximum absolute atomic E-state index is 12.8. The molecule has 0 aromatic heterocycles. The summed E-state index contributed by atoms with van der Waals surface area (Å²) in [6.07, 6.45) is 70.1. The largest absolute Gasteiger partial charge is 0.462 e. The Hall–Kier alpha value is -3.41. The molecule has 6 nitrogen and oxygen atoms in total. The minimum atomic E-state index is -0.781. The fraction of sp³-hybridized carbons (Fsp3) is 0.717. The van der Waals surface area contributed by atoms with E-state index >= 15 is 0 Å². The van der Waals surface area contributed by atoms with E-state index in [2.05, 4.69) is 106 Å². The number of ether oxygens (including phenoxy) is 3. The molecule has 378 valence electrons. The summed E-state index contributed by atoms with van der Waals surface area (Å²) in [6.45, 7) is 6.38. The van der Waals surface area contributed by atoms with Gasteiger partial charge in [0, 0.05) is 19.3 Å². The second kappa shape index (κ2) is 54.2. The second-order valence-electron chi connectivity index (χ2n) is 18.1. The van der Waals surface area contributed by atoms with E-state index in [-0.39, 0.29) is 31.1 Å². The van der Waals surface area contributed by atoms with Crippen LogP contribution in [-0.2, 0) is 28.6 Å². The lowest BCUT2D eigenvalue weighted by Crippen LogP contribution is -2.30. The molecule has 0 heterocycles. The van der Waals surface area contributed by atoms with Crippen LogP contribution in [0.1, 0.15) is 258 Å². The molecule has 0 aromatic rings. The molecule has 0 N–H and O–H groups in total. The molecule has 66 heavy (non-hydrogen) atoms. The Morgan fingerprint density at radius 3 is 0.924 bits per heavy atom. The monoisotopic (exact) mass is 919 g/mol. The maximum atomic E-state index is 12.8. The first-order chi connectivity index (χ1) is 32.5. The van der Waals surface area contributed by atoms with Crippen LogP contribution in [0.5, 0.6) is 0 Å². The summed E-state index contributed by atoms with van der Waals surface area (Å²) in [6, 6.07) is 0. The predicted molar refractivity (Wildman–Crippen MR) is 284 cm³/mol. The van der Waals surface area contributed by atoms with E-state index in [1.54, 1.807) is 0 Å². The summed E-state index contributed by atoms with van der Waals surface area (Å²) in [5, 5.41) is 0. The van der Waals surface area contributed by atoms with Crippen LogP contribution in [0.4, 0.5) is 0 Å². The van der Waals surface area contributed by atoms with Crippen molar-refractivity contribution in [2.75, 3.05) is 13.2 Å². The van der Waals surface area contributed by atoms with E-state index in [0.717, 1.165) is 109 Å². The average Bonchev–Trinajstić information content (AvgIpc) is 3.31. The van der Waals surface area contributed by atoms with Crippen molar-refractivity contribution in [1.82, 2.24) is 0 Å². The molecule has 0 aromatic carbocycles. The van der Waals surface area contributed by atoms with E-state index in [4.69, 9.17) is 14.2 Å². The van der Waals surface area contributed by atoms with Gasteiger partial charge in [0.15, 0.2) is 6.10 Å². The third-order valence-corrected chi connectivity index (χ3v) is 11.6. The average molecular weight is 919 g/mol. The number of rotatable bonds is 49. The van der Waals surface area contributed by atoms with Gasteiger partial charge in [-0.1, -0.05) is 234 Å². The zero-order valence-electron chi connectivity index (χ0n) is 43.2. The van der Waals surface area contributed by atoms with Gasteiger partial charge < -0.3 is 14.2 Å². The van der Waals surface area contributed by atoms with E-state index in [1.165, 1.54) is 109 Å². The van der Waals surface area contributed by atoms with E-state index in [0.29, 0.717) is 19.3 Å². The lowest BCUT2D eigenvalue weighted by atomic mass is 10.1. The normalized spacial score (nSPS) is 12.7. The van der Waals surface area contributed by atoms with Crippen LogP contribution >= 0.6 is 0 Å². The Kier molecular flexibility index (Phi) is 51.4. The summed E-state index contributed by atoms with van der Waals surface area (Å²) >= 11 is 0. The van der Waals surface area contributed by atoms with Crippen molar-refractivity contribution in [3.05, 3.63) is 85.1 Å². The molecule has 0 aliphatic rings. The molecule has 0 saturated carbocycles. The first-order valence-corrected chi connectivity index (χ1v) is 27.6. The van der Waals surface area contributed by atoms with Gasteiger partial charge in [0.25, 0.3) is 0 Å². The van der Waals surface area contributed by atoms with Gasteiger partial charge in [-0.2, -0.15) is 0 Å². The van der Waals surface area contributed by atoms with Gasteiger partial charge in [0.1, 0.15) is 13.2 Å². The molecule has 1 unspecified atom stereocenters. The maximum Gasteiger partial charge on any atom is 0.306 e. The molecule has 0 fully saturated rings. The summed E-state index contributed by atoms with van der Waals surface area (Å²) < 4.78 is 16.8. The first kappa shape index (κ1) is 62.6. The van der Waals surface area contributed by atoms with Gasteiger partial charge in [0.05, 0.1) is 0 Å². The highest BCUT2D eigenvalue weighted by atomic mass is 16.6. The topological polar surface area (TPSA) is 78.9 Å². The van der Waals surface area contributed by atoms with Gasteiger partial charge in [0.2, 0.25) is 0 Å². The number of unbranched alkanes of at least 4 members (excludes halogenated alkanes) is 24. The molecule has 1 atom stereocenters. The van der Waals surface area contributed by atoms with Gasteiger partial charge in [-0.3, -0.25) is 14.4 Å². The number of allylic oxidation sites excluding steroid dienone is 14. The van der Waals surface area contributed by atoms with Gasteiger partial charge in [-0.15, -0.1) is 0 Å². The molecule has 0 radical (unpaired) electrons. The fourth-order valence-electron chi connectivity index (χ4n) is 7.57. The summed E-state index contributed by atoms with van der Waals surface area (Å²) in [4.78, 5) is 38.0. The summed E-state index contributed by atoms with van der Waals surface area (Å²) in [5.74, 6) is -0.896. The number of esters is 3. The summed E-state index contributed by atoms with van der Waals surface area (Å²) in [5.41, 5.74) is 0. The van der Waals surface area contributed by atoms with Crippen LogP contribution in [0.15, 0.2) is 85.1 Å². The molecule has 0 aliphatic carbocycles. The van der Waals surface area contributed by atoms with Gasteiger partial charge in [-0.25, -0.2) is 0 Å². The Bertz CT molecular complexity index is 1290. The van der Waals surface area contributed by atoms with Crippen molar-refractivity contribution in [3.63, 3.8) is 0 Å². The lowest BCUT2D eigenvalue weighted by Gasteiger charge is -2.18. The predicted octanol–water partition coefficient (Wildman–Crippen LogP) is 18.4. The molecular weight excluding hydrogens is 817 g/mol. The van der Waals surface area contributed by atoms with Gasteiger partial charge >= 0.3 is 17.9 Å². The lowest BCUT2D eigenvalue weighted by molar-refractivity contribution is -0.167. The Labute approximate surface area is 407 Å². The van der Waals surface area contributed by atoms with Crippen molar-refractivity contribution >= 4 is 17.9 Å². The number of carbonyl (C=O) groups excluding carboxylic acids is 3. The van der Waals surface area contributed by atoms with Crippen molar-refractivity contribution in [3.8, 4) is 0 Å². The number of carbonyl (C=O) groups is 3. The zero-order chi connectivity index (χ0) is 47.9. The molecular formula is C60H102O6. The van der Waals surface area contributed by atoms with Crippen molar-refractivity contribution in [2.24, 2.45) is 0 Å². The third kappa shape index (κ3) is 51.6. The highest BCUT2D eigenvalue weighted by molar-refractivity contribution is 5.71. The molecule has 0 spiro atoms. The molecule has 0 rings (SSSR count). The molecule has 6 heteroatoms. The molecule has 0 bridgehead atoms. The van der Waals surface area contributed by atoms with Crippen LogP contribution in [0, 0.1) is 0 Å². The van der Waals surface area contributed by atoms with Crippen LogP contribution in [-0.4, -0.2) is 37.2 Å². The van der Waals surface area contributed by atoms with E-state index in [9.17, 15) is 14.4 Å². The second-order valence-corrected chi connectivity index (χ2v) is 18.1. The fourth-order valence-corrected chi connectivity index (χ4v) is 7.57. The van der Waals surface area contributed by atoms with Crippen molar-refractivity contribution in [1.29, 1.82) is 0 Å². The zero-order valence-corrected chi connectivity index (χ0v) is 43.2. The van der Waals surface area contributed by atoms with Crippen LogP contribution in [0.2, 0.25) is 0 Å². The Morgan fingerprint density at radius 2 is 0.591 bits per heavy atom. The van der Waals surface area contributed by atoms with E-state index in [1.807, 2.05) is 0 Å². The van der Waals surface area contributed by atoms with Crippen LogP contribution in [0.3, 0.4) is 0 Å². The third-order valence-electron chi connectivity index (χ3n) is 11.6. The van der Waals surface area contributed by atoms with Crippen LogP contribution < -0.4 is 0 Å². The van der Waals surface area contributed by atoms with Crippen molar-refractivity contribution in [2.45, 2.75) is 264 Å². The van der Waals surface area contributed by atoms with E-state index < -0.39 is 6.10 Å². The smallest absolute Gasteiger partial charge is 0.306 e. The van der Waals surface area contributed by atoms with Gasteiger partial charge in [-0.05, 0) is 89.9 Å². The Morgan fingerprint density at radius 1 is 0.318 bits per heavy atom. The molecule has 0 saturated heterocycles. The first-order valence-electron chi connectivity index (χ1n) is 27.6. The number of hydrogen-bond acceptors (Lipinski definition) is 6. The van der Waals surface area contributed by atoms with Crippen LogP contribution in [0.25, 0.3) is 0 Å².